The third-order valence-electron chi connectivity index (χ3n) is 4.58. The summed E-state index contributed by atoms with van der Waals surface area (Å²) in [4.78, 5) is 4.35. The van der Waals surface area contributed by atoms with Crippen LogP contribution in [0.25, 0.3) is 22.3 Å². The molecule has 0 bridgehead atoms. The number of nitrogens with zero attached hydrogens (tertiary/aromatic N) is 4. The van der Waals surface area contributed by atoms with E-state index in [1.54, 1.807) is 36.1 Å². The molecule has 29 heavy (non-hydrogen) atoms. The quantitative estimate of drug-likeness (QED) is 0.441. The highest BCUT2D eigenvalue weighted by Gasteiger charge is 2.29. The summed E-state index contributed by atoms with van der Waals surface area (Å²) in [6.07, 6.45) is -1.11. The molecule has 0 aromatic carbocycles. The molecule has 0 amide bonds. The van der Waals surface area contributed by atoms with E-state index in [9.17, 15) is 13.2 Å². The molecule has 0 saturated heterocycles. The number of pyridine rings is 1. The average Bonchev–Trinajstić information content (AvgIpc) is 3.09. The molecule has 3 aromatic heterocycles. The Bertz CT molecular complexity index is 1000. The maximum Gasteiger partial charge on any atom is 0.406 e. The van der Waals surface area contributed by atoms with Crippen molar-refractivity contribution >= 4 is 24.7 Å². The molecule has 6 nitrogen and oxygen atoms in total. The van der Waals surface area contributed by atoms with Crippen LogP contribution in [0.4, 0.5) is 18.9 Å². The second-order valence-electron chi connectivity index (χ2n) is 8.44. The number of nitrogen functional groups attached to an aromatic ring is 1. The standard InChI is InChI=1S/C19H26F3N5OSi/c1-13-7-14-9-24-16(8-17(14)27(13)11-19(20,21)22)18-15(23)10-26(25-18)12-28-5-6-29(2,3)4/h7-10H,5-6,11-12,23H2,1-4H3. The first-order valence-corrected chi connectivity index (χ1v) is 13.1. The zero-order valence-electron chi connectivity index (χ0n) is 17.0. The monoisotopic (exact) mass is 425 g/mol. The van der Waals surface area contributed by atoms with Crippen LogP contribution in [0.15, 0.2) is 24.5 Å². The molecule has 3 heterocycles. The number of hydrogen-bond acceptors (Lipinski definition) is 4. The summed E-state index contributed by atoms with van der Waals surface area (Å²) in [5, 5.41) is 5.06. The van der Waals surface area contributed by atoms with Gasteiger partial charge in [0.05, 0.1) is 23.1 Å². The molecule has 2 N–H and O–H groups in total. The number of anilines is 1. The molecule has 0 atom stereocenters. The van der Waals surface area contributed by atoms with Crippen molar-refractivity contribution in [1.29, 1.82) is 0 Å². The summed E-state index contributed by atoms with van der Waals surface area (Å²) >= 11 is 0. The normalized spacial score (nSPS) is 12.8. The molecule has 0 aliphatic heterocycles. The van der Waals surface area contributed by atoms with Gasteiger partial charge in [0.1, 0.15) is 19.0 Å². The first kappa shape index (κ1) is 21.4. The summed E-state index contributed by atoms with van der Waals surface area (Å²) < 4.78 is 47.4. The van der Waals surface area contributed by atoms with Crippen LogP contribution in [-0.2, 0) is 18.0 Å². The predicted molar refractivity (Wildman–Crippen MR) is 110 cm³/mol. The van der Waals surface area contributed by atoms with E-state index in [0.717, 1.165) is 6.04 Å². The molecular weight excluding hydrogens is 399 g/mol. The predicted octanol–water partition coefficient (Wildman–Crippen LogP) is 4.67. The van der Waals surface area contributed by atoms with Crippen LogP contribution in [0.5, 0.6) is 0 Å². The Labute approximate surface area is 168 Å². The van der Waals surface area contributed by atoms with Gasteiger partial charge in [-0.1, -0.05) is 19.6 Å². The average molecular weight is 426 g/mol. The van der Waals surface area contributed by atoms with E-state index in [0.29, 0.717) is 40.3 Å². The van der Waals surface area contributed by atoms with E-state index in [1.165, 1.54) is 4.57 Å². The van der Waals surface area contributed by atoms with Crippen LogP contribution in [0, 0.1) is 6.92 Å². The topological polar surface area (TPSA) is 70.9 Å². The van der Waals surface area contributed by atoms with Gasteiger partial charge in [-0.15, -0.1) is 0 Å². The molecular formula is C19H26F3N5OSi. The van der Waals surface area contributed by atoms with Crippen molar-refractivity contribution in [3.8, 4) is 11.4 Å². The Kier molecular flexibility index (Phi) is 5.77. The second-order valence-corrected chi connectivity index (χ2v) is 14.1. The van der Waals surface area contributed by atoms with E-state index in [-0.39, 0.29) is 6.73 Å². The number of fused-ring (bicyclic) bond motifs is 1. The fraction of sp³-hybridized carbons (Fsp3) is 0.474. The maximum absolute atomic E-state index is 13.0. The largest absolute Gasteiger partial charge is 0.406 e. The second kappa shape index (κ2) is 7.83. The minimum Gasteiger partial charge on any atom is -0.396 e. The molecule has 0 aliphatic rings. The van der Waals surface area contributed by atoms with Crippen LogP contribution in [-0.4, -0.2) is 40.2 Å². The zero-order valence-corrected chi connectivity index (χ0v) is 18.0. The van der Waals surface area contributed by atoms with Gasteiger partial charge in [0.2, 0.25) is 0 Å². The molecule has 0 radical (unpaired) electrons. The number of aryl methyl sites for hydroxylation is 1. The first-order valence-electron chi connectivity index (χ1n) is 9.37. The van der Waals surface area contributed by atoms with Gasteiger partial charge >= 0.3 is 6.18 Å². The fourth-order valence-corrected chi connectivity index (χ4v) is 3.81. The van der Waals surface area contributed by atoms with Crippen molar-refractivity contribution in [2.75, 3.05) is 12.3 Å². The molecule has 10 heteroatoms. The van der Waals surface area contributed by atoms with Crippen LogP contribution in [0.1, 0.15) is 5.69 Å². The smallest absolute Gasteiger partial charge is 0.396 e. The molecule has 0 aliphatic carbocycles. The molecule has 0 saturated carbocycles. The van der Waals surface area contributed by atoms with E-state index in [1.807, 2.05) is 0 Å². The highest BCUT2D eigenvalue weighted by molar-refractivity contribution is 6.76. The SMILES string of the molecule is Cc1cc2cnc(-c3nn(COCC[Si](C)(C)C)cc3N)cc2n1CC(F)(F)F. The van der Waals surface area contributed by atoms with Crippen molar-refractivity contribution in [2.24, 2.45) is 0 Å². The van der Waals surface area contributed by atoms with Gasteiger partial charge < -0.3 is 15.0 Å². The Morgan fingerprint density at radius 3 is 2.59 bits per heavy atom. The van der Waals surface area contributed by atoms with Crippen LogP contribution < -0.4 is 5.73 Å². The minimum atomic E-state index is -4.31. The summed E-state index contributed by atoms with van der Waals surface area (Å²) in [6, 6.07) is 4.33. The summed E-state index contributed by atoms with van der Waals surface area (Å²) in [5.74, 6) is 0. The van der Waals surface area contributed by atoms with E-state index in [2.05, 4.69) is 29.7 Å². The minimum absolute atomic E-state index is 0.264. The van der Waals surface area contributed by atoms with Crippen LogP contribution in [0.2, 0.25) is 25.7 Å². The summed E-state index contributed by atoms with van der Waals surface area (Å²) in [7, 11) is -1.17. The van der Waals surface area contributed by atoms with Gasteiger partial charge in [-0.3, -0.25) is 4.98 Å². The lowest BCUT2D eigenvalue weighted by Gasteiger charge is -2.15. The van der Waals surface area contributed by atoms with Crippen molar-refractivity contribution < 1.29 is 17.9 Å². The fourth-order valence-electron chi connectivity index (χ4n) is 3.05. The summed E-state index contributed by atoms with van der Waals surface area (Å²) in [5.41, 5.74) is 8.30. The Balaban J connectivity index is 1.83. The van der Waals surface area contributed by atoms with Crippen molar-refractivity contribution in [2.45, 2.75) is 52.1 Å². The molecule has 0 unspecified atom stereocenters. The highest BCUT2D eigenvalue weighted by atomic mass is 28.3. The maximum atomic E-state index is 13.0. The van der Waals surface area contributed by atoms with Crippen LogP contribution >= 0.6 is 0 Å². The van der Waals surface area contributed by atoms with Gasteiger partial charge in [-0.05, 0) is 25.1 Å². The number of aromatic nitrogens is 4. The number of hydrogen-bond donors (Lipinski definition) is 1. The Hall–Kier alpha value is -2.33. The van der Waals surface area contributed by atoms with Crippen molar-refractivity contribution in [3.63, 3.8) is 0 Å². The molecule has 0 fully saturated rings. The molecule has 0 spiro atoms. The third-order valence-corrected chi connectivity index (χ3v) is 6.29. The zero-order chi connectivity index (χ0) is 21.4. The van der Waals surface area contributed by atoms with Gasteiger partial charge in [-0.25, -0.2) is 4.68 Å². The van der Waals surface area contributed by atoms with Gasteiger partial charge in [0.25, 0.3) is 0 Å². The highest BCUT2D eigenvalue weighted by Crippen LogP contribution is 2.29. The molecule has 3 rings (SSSR count). The molecule has 3 aromatic rings. The van der Waals surface area contributed by atoms with Gasteiger partial charge in [-0.2, -0.15) is 18.3 Å². The van der Waals surface area contributed by atoms with Gasteiger partial charge in [0.15, 0.2) is 0 Å². The van der Waals surface area contributed by atoms with E-state index < -0.39 is 20.8 Å². The van der Waals surface area contributed by atoms with E-state index in [4.69, 9.17) is 10.5 Å². The van der Waals surface area contributed by atoms with Crippen molar-refractivity contribution in [3.05, 3.63) is 30.2 Å². The van der Waals surface area contributed by atoms with Crippen LogP contribution in [0.3, 0.4) is 0 Å². The van der Waals surface area contributed by atoms with E-state index >= 15 is 0 Å². The number of ether oxygens (including phenoxy) is 1. The third kappa shape index (κ3) is 5.39. The first-order chi connectivity index (χ1) is 13.4. The Morgan fingerprint density at radius 1 is 1.21 bits per heavy atom. The lowest BCUT2D eigenvalue weighted by atomic mass is 10.2. The lowest BCUT2D eigenvalue weighted by molar-refractivity contribution is -0.140. The van der Waals surface area contributed by atoms with Crippen molar-refractivity contribution in [1.82, 2.24) is 19.3 Å². The molecule has 158 valence electrons. The number of alkyl halides is 3. The van der Waals surface area contributed by atoms with Gasteiger partial charge in [0, 0.05) is 32.0 Å². The number of rotatable bonds is 7. The lowest BCUT2D eigenvalue weighted by Crippen LogP contribution is -2.22. The number of halogens is 3. The number of nitrogens with two attached hydrogens (primary N) is 1. The Morgan fingerprint density at radius 2 is 1.93 bits per heavy atom. The summed E-state index contributed by atoms with van der Waals surface area (Å²) in [6.45, 7) is 8.34.